The van der Waals surface area contributed by atoms with Gasteiger partial charge in [-0.2, -0.15) is 0 Å². The summed E-state index contributed by atoms with van der Waals surface area (Å²) in [5.41, 5.74) is 4.35. The molecule has 1 aliphatic heterocycles. The number of fused-ring (bicyclic) bond motifs is 2. The number of carbonyl (C=O) groups is 1. The second kappa shape index (κ2) is 4.27. The third kappa shape index (κ3) is 2.12. The van der Waals surface area contributed by atoms with Crippen LogP contribution in [0.25, 0.3) is 5.57 Å². The predicted molar refractivity (Wildman–Crippen MR) is 73.9 cm³/mol. The van der Waals surface area contributed by atoms with E-state index in [1.807, 2.05) is 6.07 Å². The van der Waals surface area contributed by atoms with Gasteiger partial charge in [0.25, 0.3) is 0 Å². The largest absolute Gasteiger partial charge is 0.373 e. The number of hydrogen-bond donors (Lipinski definition) is 0. The Labute approximate surface area is 113 Å². The number of ether oxygens (including phenoxy) is 1. The van der Waals surface area contributed by atoms with Gasteiger partial charge in [-0.15, -0.1) is 0 Å². The van der Waals surface area contributed by atoms with Gasteiger partial charge >= 0.3 is 0 Å². The van der Waals surface area contributed by atoms with E-state index in [9.17, 15) is 4.79 Å². The van der Waals surface area contributed by atoms with Crippen LogP contribution in [0.4, 0.5) is 0 Å². The number of pyridine rings is 1. The van der Waals surface area contributed by atoms with Crippen LogP contribution >= 0.6 is 0 Å². The molecule has 0 saturated carbocycles. The minimum absolute atomic E-state index is 0.111. The van der Waals surface area contributed by atoms with Crippen molar-refractivity contribution >= 4 is 11.4 Å². The van der Waals surface area contributed by atoms with Crippen LogP contribution in [0.15, 0.2) is 24.0 Å². The summed E-state index contributed by atoms with van der Waals surface area (Å²) >= 11 is 0. The summed E-state index contributed by atoms with van der Waals surface area (Å²) in [7, 11) is 0. The van der Waals surface area contributed by atoms with Gasteiger partial charge in [0.05, 0.1) is 12.7 Å². The molecule has 1 aliphatic carbocycles. The van der Waals surface area contributed by atoms with Crippen LogP contribution in [0, 0.1) is 5.41 Å². The highest BCUT2D eigenvalue weighted by Crippen LogP contribution is 2.40. The summed E-state index contributed by atoms with van der Waals surface area (Å²) in [5.74, 6) is 0.191. The first-order chi connectivity index (χ1) is 8.97. The molecule has 3 nitrogen and oxygen atoms in total. The van der Waals surface area contributed by atoms with Gasteiger partial charge in [0.15, 0.2) is 5.78 Å². The molecule has 1 atom stereocenters. The van der Waals surface area contributed by atoms with Gasteiger partial charge in [0.1, 0.15) is 0 Å². The lowest BCUT2D eigenvalue weighted by molar-refractivity contribution is -0.00748. The molecule has 1 aromatic heterocycles. The maximum atomic E-state index is 12.2. The van der Waals surface area contributed by atoms with E-state index in [0.717, 1.165) is 17.5 Å². The molecule has 100 valence electrons. The second-order valence-electron chi connectivity index (χ2n) is 6.47. The van der Waals surface area contributed by atoms with Crippen LogP contribution in [0.5, 0.6) is 0 Å². The van der Waals surface area contributed by atoms with Crippen molar-refractivity contribution in [1.82, 2.24) is 4.98 Å². The van der Waals surface area contributed by atoms with Gasteiger partial charge in [0.2, 0.25) is 0 Å². The van der Waals surface area contributed by atoms with Crippen LogP contribution < -0.4 is 0 Å². The molecule has 2 aliphatic rings. The smallest absolute Gasteiger partial charge is 0.169 e. The molecule has 0 N–H and O–H groups in total. The molecule has 19 heavy (non-hydrogen) atoms. The molecule has 0 spiro atoms. The van der Waals surface area contributed by atoms with Crippen molar-refractivity contribution in [2.75, 3.05) is 6.61 Å². The summed E-state index contributed by atoms with van der Waals surface area (Å²) in [4.78, 5) is 16.2. The average Bonchev–Trinajstić information content (AvgIpc) is 2.37. The fraction of sp³-hybridized carbons (Fsp3) is 0.500. The first kappa shape index (κ1) is 12.5. The molecule has 0 aromatic carbocycles. The summed E-state index contributed by atoms with van der Waals surface area (Å²) < 4.78 is 6.01. The summed E-state index contributed by atoms with van der Waals surface area (Å²) in [6, 6.07) is 1.93. The maximum absolute atomic E-state index is 12.2. The monoisotopic (exact) mass is 257 g/mol. The Morgan fingerprint density at radius 3 is 2.84 bits per heavy atom. The van der Waals surface area contributed by atoms with Gasteiger partial charge in [-0.05, 0) is 29.0 Å². The number of ketones is 1. The molecular weight excluding hydrogens is 238 g/mol. The Hall–Kier alpha value is -1.48. The molecule has 0 fully saturated rings. The quantitative estimate of drug-likeness (QED) is 0.716. The lowest BCUT2D eigenvalue weighted by Gasteiger charge is -2.37. The molecule has 0 radical (unpaired) electrons. The first-order valence-electron chi connectivity index (χ1n) is 6.77. The highest BCUT2D eigenvalue weighted by Gasteiger charge is 2.35. The van der Waals surface area contributed by atoms with Crippen molar-refractivity contribution in [3.8, 4) is 0 Å². The van der Waals surface area contributed by atoms with Crippen molar-refractivity contribution in [2.45, 2.75) is 39.7 Å². The Balaban J connectivity index is 2.01. The third-order valence-electron chi connectivity index (χ3n) is 4.07. The Kier molecular flexibility index (Phi) is 2.82. The lowest BCUT2D eigenvalue weighted by Crippen LogP contribution is -2.35. The zero-order valence-corrected chi connectivity index (χ0v) is 11.7. The van der Waals surface area contributed by atoms with Crippen molar-refractivity contribution < 1.29 is 9.53 Å². The van der Waals surface area contributed by atoms with E-state index in [1.54, 1.807) is 12.4 Å². The van der Waals surface area contributed by atoms with E-state index in [1.165, 1.54) is 11.1 Å². The molecule has 1 aromatic rings. The number of carbonyl (C=O) groups excluding carboxylic acids is 1. The molecule has 0 saturated heterocycles. The third-order valence-corrected chi connectivity index (χ3v) is 4.07. The van der Waals surface area contributed by atoms with Crippen LogP contribution in [-0.2, 0) is 4.74 Å². The normalized spacial score (nSPS) is 23.1. The van der Waals surface area contributed by atoms with Gasteiger partial charge in [-0.3, -0.25) is 9.78 Å². The Morgan fingerprint density at radius 1 is 1.32 bits per heavy atom. The van der Waals surface area contributed by atoms with Gasteiger partial charge < -0.3 is 4.74 Å². The van der Waals surface area contributed by atoms with Crippen molar-refractivity contribution in [2.24, 2.45) is 5.41 Å². The molecule has 3 rings (SSSR count). The minimum atomic E-state index is 0.111. The van der Waals surface area contributed by atoms with Crippen molar-refractivity contribution in [1.29, 1.82) is 0 Å². The van der Waals surface area contributed by atoms with E-state index in [0.29, 0.717) is 13.0 Å². The zero-order chi connectivity index (χ0) is 13.6. The first-order valence-corrected chi connectivity index (χ1v) is 6.77. The molecule has 1 unspecified atom stereocenters. The van der Waals surface area contributed by atoms with E-state index < -0.39 is 0 Å². The Bertz CT molecular complexity index is 566. The predicted octanol–water partition coefficient (Wildman–Crippen LogP) is 3.26. The van der Waals surface area contributed by atoms with Crippen LogP contribution in [0.1, 0.15) is 49.5 Å². The van der Waals surface area contributed by atoms with Crippen LogP contribution in [0.3, 0.4) is 0 Å². The molecule has 0 amide bonds. The number of hydrogen-bond acceptors (Lipinski definition) is 3. The Morgan fingerprint density at radius 2 is 2.11 bits per heavy atom. The molecule has 0 bridgehead atoms. The van der Waals surface area contributed by atoms with Crippen molar-refractivity contribution in [3.63, 3.8) is 0 Å². The SMILES string of the molecule is CC(C)(C)C1CC2=C(CO1)c1ccncc1C(=O)C2. The summed E-state index contributed by atoms with van der Waals surface area (Å²) in [6.45, 7) is 7.17. The fourth-order valence-corrected chi connectivity index (χ4v) is 2.86. The van der Waals surface area contributed by atoms with E-state index >= 15 is 0 Å². The second-order valence-corrected chi connectivity index (χ2v) is 6.47. The van der Waals surface area contributed by atoms with Crippen molar-refractivity contribution in [3.05, 3.63) is 35.2 Å². The summed E-state index contributed by atoms with van der Waals surface area (Å²) in [5, 5.41) is 0. The fourth-order valence-electron chi connectivity index (χ4n) is 2.86. The maximum Gasteiger partial charge on any atom is 0.169 e. The molecule has 2 heterocycles. The van der Waals surface area contributed by atoms with Crippen LogP contribution in [-0.4, -0.2) is 23.5 Å². The molecule has 3 heteroatoms. The average molecular weight is 257 g/mol. The zero-order valence-electron chi connectivity index (χ0n) is 11.7. The summed E-state index contributed by atoms with van der Waals surface area (Å²) in [6.07, 6.45) is 5.02. The van der Waals surface area contributed by atoms with Gasteiger partial charge in [-0.1, -0.05) is 26.3 Å². The standard InChI is InChI=1S/C16H19NO2/c1-16(2,3)15-7-10-6-14(18)12-8-17-5-4-11(12)13(10)9-19-15/h4-5,8,15H,6-7,9H2,1-3H3. The number of rotatable bonds is 0. The minimum Gasteiger partial charge on any atom is -0.373 e. The number of aromatic nitrogens is 1. The van der Waals surface area contributed by atoms with Crippen LogP contribution in [0.2, 0.25) is 0 Å². The van der Waals surface area contributed by atoms with Gasteiger partial charge in [0, 0.05) is 24.4 Å². The van der Waals surface area contributed by atoms with E-state index in [2.05, 4.69) is 25.8 Å². The van der Waals surface area contributed by atoms with Gasteiger partial charge in [-0.25, -0.2) is 0 Å². The number of nitrogens with zero attached hydrogens (tertiary/aromatic N) is 1. The van der Waals surface area contributed by atoms with E-state index in [4.69, 9.17) is 4.74 Å². The topological polar surface area (TPSA) is 39.2 Å². The highest BCUT2D eigenvalue weighted by molar-refractivity contribution is 6.05. The number of Topliss-reactive ketones (excluding diaryl/α,β-unsaturated/α-hetero) is 1. The highest BCUT2D eigenvalue weighted by atomic mass is 16.5. The lowest BCUT2D eigenvalue weighted by atomic mass is 9.77. The van der Waals surface area contributed by atoms with E-state index in [-0.39, 0.29) is 17.3 Å². The molecular formula is C16H19NO2.